The Morgan fingerprint density at radius 1 is 1.23 bits per heavy atom. The molecule has 0 aromatic carbocycles. The minimum absolute atomic E-state index is 0.176. The van der Waals surface area contributed by atoms with Crippen LogP contribution in [0.2, 0.25) is 0 Å². The van der Waals surface area contributed by atoms with Crippen molar-refractivity contribution in [3.05, 3.63) is 53.6 Å². The van der Waals surface area contributed by atoms with Crippen LogP contribution in [0.15, 0.2) is 36.7 Å². The van der Waals surface area contributed by atoms with Crippen molar-refractivity contribution < 1.29 is 36.2 Å². The van der Waals surface area contributed by atoms with E-state index in [1.807, 2.05) is 6.92 Å². The summed E-state index contributed by atoms with van der Waals surface area (Å²) in [6.45, 7) is 3.32. The van der Waals surface area contributed by atoms with Gasteiger partial charge in [0, 0.05) is 23.9 Å². The summed E-state index contributed by atoms with van der Waals surface area (Å²) in [5.74, 6) is -1.39. The number of imidazole rings is 1. The minimum Gasteiger partial charge on any atom is -0.480 e. The van der Waals surface area contributed by atoms with Crippen LogP contribution in [0.5, 0.6) is 5.75 Å². The first-order valence-corrected chi connectivity index (χ1v) is 10.8. The van der Waals surface area contributed by atoms with E-state index in [2.05, 4.69) is 15.3 Å². The van der Waals surface area contributed by atoms with Gasteiger partial charge in [-0.25, -0.2) is 18.7 Å². The fourth-order valence-electron chi connectivity index (χ4n) is 4.77. The molecule has 1 atom stereocenters. The molecule has 0 spiro atoms. The van der Waals surface area contributed by atoms with Crippen LogP contribution in [0.25, 0.3) is 5.65 Å². The number of fused-ring (bicyclic) bond motifs is 2. The maximum Gasteiger partial charge on any atom is 0.425 e. The molecule has 1 aliphatic carbocycles. The third-order valence-electron chi connectivity index (χ3n) is 6.46. The average molecular weight is 496 g/mol. The number of nitrogens with zero attached hydrogens (tertiary/aromatic N) is 3. The summed E-state index contributed by atoms with van der Waals surface area (Å²) < 4.78 is 78.0. The number of hydrogen-bond donors (Lipinski definition) is 1. The number of nitrogens with one attached hydrogen (secondary N) is 1. The molecule has 1 saturated carbocycles. The predicted molar refractivity (Wildman–Crippen MR) is 114 cm³/mol. The van der Waals surface area contributed by atoms with Gasteiger partial charge in [0.25, 0.3) is 12.3 Å². The summed E-state index contributed by atoms with van der Waals surface area (Å²) >= 11 is 0. The highest BCUT2D eigenvalue weighted by atomic mass is 19.4. The molecule has 2 aliphatic heterocycles. The topological polar surface area (TPSA) is 77.8 Å². The molecule has 5 heterocycles. The number of hydrogen-bond acceptors (Lipinski definition) is 5. The highest BCUT2D eigenvalue weighted by molar-refractivity contribution is 6.05. The van der Waals surface area contributed by atoms with Gasteiger partial charge in [-0.2, -0.15) is 13.2 Å². The molecule has 3 fully saturated rings. The van der Waals surface area contributed by atoms with Crippen LogP contribution in [0.3, 0.4) is 0 Å². The first-order valence-electron chi connectivity index (χ1n) is 10.8. The number of alkyl halides is 5. The second-order valence-electron chi connectivity index (χ2n) is 9.32. The van der Waals surface area contributed by atoms with Gasteiger partial charge >= 0.3 is 6.18 Å². The van der Waals surface area contributed by atoms with Gasteiger partial charge in [0.05, 0.1) is 23.5 Å². The SMILES string of the molecule is C[C@H](Oc1cc2nc(C34COC(C)(C3)C4)cn2cc1C(=O)Nc1cccc(C(F)F)n1)C(F)(F)F. The smallest absolute Gasteiger partial charge is 0.425 e. The van der Waals surface area contributed by atoms with E-state index in [4.69, 9.17) is 9.47 Å². The number of anilines is 1. The van der Waals surface area contributed by atoms with E-state index in [1.54, 1.807) is 6.20 Å². The molecular weight excluding hydrogens is 475 g/mol. The van der Waals surface area contributed by atoms with Crippen LogP contribution in [0, 0.1) is 0 Å². The van der Waals surface area contributed by atoms with Gasteiger partial charge in [-0.1, -0.05) is 6.07 Å². The molecule has 12 heteroatoms. The Balaban J connectivity index is 1.51. The second kappa shape index (κ2) is 7.87. The maximum atomic E-state index is 13.2. The zero-order chi connectivity index (χ0) is 25.2. The number of pyridine rings is 2. The number of ether oxygens (including phenoxy) is 2. The van der Waals surface area contributed by atoms with Gasteiger partial charge in [-0.3, -0.25) is 4.79 Å². The van der Waals surface area contributed by atoms with E-state index in [0.29, 0.717) is 17.9 Å². The lowest BCUT2D eigenvalue weighted by atomic mass is 9.62. The molecule has 35 heavy (non-hydrogen) atoms. The molecule has 1 N–H and O–H groups in total. The number of amides is 1. The van der Waals surface area contributed by atoms with E-state index in [0.717, 1.165) is 25.8 Å². The van der Waals surface area contributed by atoms with E-state index in [-0.39, 0.29) is 28.1 Å². The van der Waals surface area contributed by atoms with Gasteiger partial charge in [0.1, 0.15) is 22.9 Å². The summed E-state index contributed by atoms with van der Waals surface area (Å²) in [4.78, 5) is 21.3. The van der Waals surface area contributed by atoms with Crippen molar-refractivity contribution in [1.29, 1.82) is 0 Å². The van der Waals surface area contributed by atoms with E-state index >= 15 is 0 Å². The molecule has 2 saturated heterocycles. The van der Waals surface area contributed by atoms with Crippen molar-refractivity contribution in [1.82, 2.24) is 14.4 Å². The first-order chi connectivity index (χ1) is 16.4. The second-order valence-corrected chi connectivity index (χ2v) is 9.32. The lowest BCUT2D eigenvalue weighted by Gasteiger charge is -2.41. The van der Waals surface area contributed by atoms with Crippen LogP contribution in [-0.2, 0) is 10.2 Å². The number of carbonyl (C=O) groups is 1. The lowest BCUT2D eigenvalue weighted by molar-refractivity contribution is -0.189. The normalized spacial score (nSPS) is 24.5. The van der Waals surface area contributed by atoms with Crippen molar-refractivity contribution in [2.45, 2.75) is 56.4 Å². The van der Waals surface area contributed by atoms with E-state index in [9.17, 15) is 26.7 Å². The fourth-order valence-corrected chi connectivity index (χ4v) is 4.77. The molecule has 3 aromatic rings. The van der Waals surface area contributed by atoms with Crippen molar-refractivity contribution in [3.8, 4) is 5.75 Å². The zero-order valence-electron chi connectivity index (χ0n) is 18.7. The highest BCUT2D eigenvalue weighted by Gasteiger charge is 2.61. The Bertz CT molecular complexity index is 1300. The van der Waals surface area contributed by atoms with Crippen molar-refractivity contribution >= 4 is 17.4 Å². The lowest BCUT2D eigenvalue weighted by Crippen LogP contribution is -2.45. The zero-order valence-corrected chi connectivity index (χ0v) is 18.7. The van der Waals surface area contributed by atoms with Crippen LogP contribution >= 0.6 is 0 Å². The van der Waals surface area contributed by atoms with Crippen LogP contribution in [0.4, 0.5) is 27.8 Å². The quantitative estimate of drug-likeness (QED) is 0.483. The largest absolute Gasteiger partial charge is 0.480 e. The summed E-state index contributed by atoms with van der Waals surface area (Å²) in [6, 6.07) is 4.93. The molecule has 6 rings (SSSR count). The molecule has 0 radical (unpaired) electrons. The maximum absolute atomic E-state index is 13.2. The molecule has 3 aromatic heterocycles. The summed E-state index contributed by atoms with van der Waals surface area (Å²) in [5.41, 5.74) is -0.245. The summed E-state index contributed by atoms with van der Waals surface area (Å²) in [6.07, 6.45) is -5.17. The number of rotatable bonds is 6. The Kier molecular flexibility index (Phi) is 5.28. The standard InChI is InChI=1S/C23H21F5N4O3/c1-12(23(26,27)28)35-15-6-18-30-16(22-9-21(2,10-22)34-11-22)8-32(18)7-13(15)20(33)31-17-5-3-4-14(29-17)19(24)25/h3-8,12,19H,9-11H2,1-2H3,(H,29,31,33)/t12-,21?,22?/m0/s1. The number of aromatic nitrogens is 3. The van der Waals surface area contributed by atoms with Crippen LogP contribution < -0.4 is 10.1 Å². The third-order valence-corrected chi connectivity index (χ3v) is 6.46. The number of carbonyl (C=O) groups excluding carboxylic acids is 1. The Labute approximate surface area is 196 Å². The summed E-state index contributed by atoms with van der Waals surface area (Å²) in [7, 11) is 0. The van der Waals surface area contributed by atoms with Crippen LogP contribution in [-0.4, -0.2) is 44.8 Å². The molecule has 2 bridgehead atoms. The Morgan fingerprint density at radius 2 is 1.97 bits per heavy atom. The monoisotopic (exact) mass is 496 g/mol. The molecule has 186 valence electrons. The Morgan fingerprint density at radius 3 is 2.60 bits per heavy atom. The van der Waals surface area contributed by atoms with Crippen LogP contribution in [0.1, 0.15) is 54.9 Å². The molecule has 1 amide bonds. The van der Waals surface area contributed by atoms with Gasteiger partial charge in [0.15, 0.2) is 6.10 Å². The Hall–Kier alpha value is -3.28. The average Bonchev–Trinajstić information content (AvgIpc) is 3.43. The molecule has 7 nitrogen and oxygen atoms in total. The van der Waals surface area contributed by atoms with Gasteiger partial charge in [-0.05, 0) is 38.8 Å². The van der Waals surface area contributed by atoms with Crippen molar-refractivity contribution in [2.24, 2.45) is 0 Å². The third kappa shape index (κ3) is 4.19. The van der Waals surface area contributed by atoms with Gasteiger partial charge < -0.3 is 19.2 Å². The molecule has 0 unspecified atom stereocenters. The minimum atomic E-state index is -4.68. The fraction of sp³-hybridized carbons (Fsp3) is 0.435. The number of halogens is 5. The van der Waals surface area contributed by atoms with Crippen molar-refractivity contribution in [3.63, 3.8) is 0 Å². The predicted octanol–water partition coefficient (Wildman–Crippen LogP) is 5.07. The van der Waals surface area contributed by atoms with E-state index < -0.39 is 30.3 Å². The highest BCUT2D eigenvalue weighted by Crippen LogP contribution is 2.58. The van der Waals surface area contributed by atoms with E-state index in [1.165, 1.54) is 28.8 Å². The molecule has 3 aliphatic rings. The molecular formula is C23H21F5N4O3. The van der Waals surface area contributed by atoms with Gasteiger partial charge in [-0.15, -0.1) is 0 Å². The first kappa shape index (κ1) is 23.5. The van der Waals surface area contributed by atoms with Crippen molar-refractivity contribution in [2.75, 3.05) is 11.9 Å². The summed E-state index contributed by atoms with van der Waals surface area (Å²) in [5, 5.41) is 2.35. The van der Waals surface area contributed by atoms with Gasteiger partial charge in [0.2, 0.25) is 0 Å².